The number of rotatable bonds is 5. The van der Waals surface area contributed by atoms with Gasteiger partial charge >= 0.3 is 7.12 Å². The van der Waals surface area contributed by atoms with E-state index in [2.05, 4.69) is 0 Å². The zero-order valence-corrected chi connectivity index (χ0v) is 10.2. The third kappa shape index (κ3) is 3.43. The summed E-state index contributed by atoms with van der Waals surface area (Å²) in [5, 5.41) is 18.6. The van der Waals surface area contributed by atoms with Crippen molar-refractivity contribution in [2.75, 3.05) is 0 Å². The molecule has 0 heterocycles. The van der Waals surface area contributed by atoms with Crippen molar-refractivity contribution in [2.24, 2.45) is 0 Å². The van der Waals surface area contributed by atoms with Gasteiger partial charge < -0.3 is 14.8 Å². The van der Waals surface area contributed by atoms with Crippen LogP contribution in [0.15, 0.2) is 48.5 Å². The van der Waals surface area contributed by atoms with Crippen molar-refractivity contribution in [1.29, 1.82) is 0 Å². The van der Waals surface area contributed by atoms with Gasteiger partial charge in [-0.05, 0) is 23.8 Å². The van der Waals surface area contributed by atoms with E-state index in [0.29, 0.717) is 24.2 Å². The van der Waals surface area contributed by atoms with Gasteiger partial charge in [-0.2, -0.15) is 0 Å². The zero-order chi connectivity index (χ0) is 13.7. The SMILES string of the molecule is O=Cc1ccc(OCc2ccccc2)c(B(O)O)c1. The van der Waals surface area contributed by atoms with Crippen LogP contribution in [0, 0.1) is 0 Å². The summed E-state index contributed by atoms with van der Waals surface area (Å²) < 4.78 is 5.55. The fourth-order valence-electron chi connectivity index (χ4n) is 1.71. The Morgan fingerprint density at radius 1 is 1.11 bits per heavy atom. The molecule has 2 aromatic carbocycles. The normalized spacial score (nSPS) is 10.0. The number of ether oxygens (including phenoxy) is 1. The van der Waals surface area contributed by atoms with Crippen LogP contribution < -0.4 is 10.2 Å². The van der Waals surface area contributed by atoms with Gasteiger partial charge in [-0.15, -0.1) is 0 Å². The van der Waals surface area contributed by atoms with Crippen LogP contribution >= 0.6 is 0 Å². The Hall–Kier alpha value is -2.11. The van der Waals surface area contributed by atoms with Crippen molar-refractivity contribution in [2.45, 2.75) is 6.61 Å². The lowest BCUT2D eigenvalue weighted by Crippen LogP contribution is -2.31. The monoisotopic (exact) mass is 256 g/mol. The van der Waals surface area contributed by atoms with Crippen molar-refractivity contribution in [3.63, 3.8) is 0 Å². The fraction of sp³-hybridized carbons (Fsp3) is 0.0714. The van der Waals surface area contributed by atoms with Crippen LogP contribution in [0.2, 0.25) is 0 Å². The molecule has 0 aromatic heterocycles. The first-order valence-corrected chi connectivity index (χ1v) is 5.82. The van der Waals surface area contributed by atoms with Crippen LogP contribution in [0.3, 0.4) is 0 Å². The molecule has 19 heavy (non-hydrogen) atoms. The number of hydrogen-bond donors (Lipinski definition) is 2. The summed E-state index contributed by atoms with van der Waals surface area (Å²) in [5.41, 5.74) is 1.52. The molecule has 0 aliphatic carbocycles. The topological polar surface area (TPSA) is 66.8 Å². The first-order valence-electron chi connectivity index (χ1n) is 5.82. The second-order valence-electron chi connectivity index (χ2n) is 4.06. The number of hydrogen-bond acceptors (Lipinski definition) is 4. The van der Waals surface area contributed by atoms with Crippen LogP contribution in [-0.4, -0.2) is 23.5 Å². The van der Waals surface area contributed by atoms with Crippen LogP contribution in [0.1, 0.15) is 15.9 Å². The predicted octanol–water partition coefficient (Wildman–Crippen LogP) is 0.758. The highest BCUT2D eigenvalue weighted by atomic mass is 16.5. The summed E-state index contributed by atoms with van der Waals surface area (Å²) in [6.45, 7) is 0.320. The quantitative estimate of drug-likeness (QED) is 0.612. The summed E-state index contributed by atoms with van der Waals surface area (Å²) in [4.78, 5) is 10.7. The molecule has 0 amide bonds. The molecule has 2 rings (SSSR count). The van der Waals surface area contributed by atoms with Gasteiger partial charge in [-0.3, -0.25) is 4.79 Å². The van der Waals surface area contributed by atoms with E-state index in [1.54, 1.807) is 12.1 Å². The van der Waals surface area contributed by atoms with E-state index in [4.69, 9.17) is 4.74 Å². The van der Waals surface area contributed by atoms with Crippen LogP contribution in [-0.2, 0) is 6.61 Å². The van der Waals surface area contributed by atoms with Gasteiger partial charge in [0.2, 0.25) is 0 Å². The van der Waals surface area contributed by atoms with Gasteiger partial charge in [0.05, 0.1) is 0 Å². The minimum atomic E-state index is -1.68. The molecule has 96 valence electrons. The van der Waals surface area contributed by atoms with Crippen LogP contribution in [0.5, 0.6) is 5.75 Å². The Kier molecular flexibility index (Phi) is 4.33. The molecule has 2 aromatic rings. The van der Waals surface area contributed by atoms with Crippen molar-refractivity contribution >= 4 is 18.9 Å². The van der Waals surface area contributed by atoms with Crippen LogP contribution in [0.4, 0.5) is 0 Å². The molecule has 0 fully saturated rings. The van der Waals surface area contributed by atoms with Gasteiger partial charge in [-0.1, -0.05) is 30.3 Å². The maximum atomic E-state index is 10.7. The van der Waals surface area contributed by atoms with E-state index < -0.39 is 7.12 Å². The lowest BCUT2D eigenvalue weighted by molar-refractivity contribution is 0.112. The van der Waals surface area contributed by atoms with Crippen molar-refractivity contribution in [1.82, 2.24) is 0 Å². The summed E-state index contributed by atoms with van der Waals surface area (Å²) in [6, 6.07) is 14.1. The predicted molar refractivity (Wildman–Crippen MR) is 72.4 cm³/mol. The van der Waals surface area contributed by atoms with E-state index in [9.17, 15) is 14.8 Å². The third-order valence-electron chi connectivity index (χ3n) is 2.69. The van der Waals surface area contributed by atoms with E-state index in [1.165, 1.54) is 6.07 Å². The minimum absolute atomic E-state index is 0.181. The average Bonchev–Trinajstić information content (AvgIpc) is 2.46. The second kappa shape index (κ2) is 6.18. The lowest BCUT2D eigenvalue weighted by Gasteiger charge is -2.11. The van der Waals surface area contributed by atoms with E-state index >= 15 is 0 Å². The molecule has 0 unspecified atom stereocenters. The highest BCUT2D eigenvalue weighted by Crippen LogP contribution is 2.12. The van der Waals surface area contributed by atoms with Gasteiger partial charge in [0.1, 0.15) is 18.6 Å². The van der Waals surface area contributed by atoms with Crippen LogP contribution in [0.25, 0.3) is 0 Å². The number of benzene rings is 2. The smallest absolute Gasteiger partial charge is 0.489 e. The lowest BCUT2D eigenvalue weighted by atomic mass is 9.79. The minimum Gasteiger partial charge on any atom is -0.489 e. The summed E-state index contributed by atoms with van der Waals surface area (Å²) in [5.74, 6) is 0.351. The Balaban J connectivity index is 2.18. The highest BCUT2D eigenvalue weighted by molar-refractivity contribution is 6.59. The summed E-state index contributed by atoms with van der Waals surface area (Å²) in [7, 11) is -1.68. The Morgan fingerprint density at radius 2 is 1.84 bits per heavy atom. The van der Waals surface area contributed by atoms with E-state index in [0.717, 1.165) is 5.56 Å². The molecule has 0 atom stereocenters. The Morgan fingerprint density at radius 3 is 2.47 bits per heavy atom. The maximum Gasteiger partial charge on any atom is 0.492 e. The number of carbonyl (C=O) groups is 1. The Labute approximate surface area is 111 Å². The second-order valence-corrected chi connectivity index (χ2v) is 4.06. The molecule has 0 radical (unpaired) electrons. The van der Waals surface area contributed by atoms with E-state index in [1.807, 2.05) is 30.3 Å². The number of aldehydes is 1. The summed E-state index contributed by atoms with van der Waals surface area (Å²) >= 11 is 0. The van der Waals surface area contributed by atoms with Crippen molar-refractivity contribution in [3.05, 3.63) is 59.7 Å². The largest absolute Gasteiger partial charge is 0.492 e. The molecular formula is C14H13BO4. The fourth-order valence-corrected chi connectivity index (χ4v) is 1.71. The molecule has 2 N–H and O–H groups in total. The van der Waals surface area contributed by atoms with E-state index in [-0.39, 0.29) is 5.46 Å². The molecular weight excluding hydrogens is 243 g/mol. The number of carbonyl (C=O) groups excluding carboxylic acids is 1. The van der Waals surface area contributed by atoms with Gasteiger partial charge in [0.15, 0.2) is 0 Å². The molecule has 5 heteroatoms. The van der Waals surface area contributed by atoms with Crippen molar-refractivity contribution < 1.29 is 19.6 Å². The molecule has 0 aliphatic heterocycles. The standard InChI is InChI=1S/C14H13BO4/c16-9-12-6-7-14(13(8-12)15(17)18)19-10-11-4-2-1-3-5-11/h1-9,17-18H,10H2. The molecule has 0 aliphatic rings. The van der Waals surface area contributed by atoms with Gasteiger partial charge in [0, 0.05) is 11.0 Å². The first-order chi connectivity index (χ1) is 9.20. The van der Waals surface area contributed by atoms with Crippen molar-refractivity contribution in [3.8, 4) is 5.75 Å². The molecule has 0 spiro atoms. The first kappa shape index (κ1) is 13.3. The molecule has 0 saturated carbocycles. The third-order valence-corrected chi connectivity index (χ3v) is 2.69. The average molecular weight is 256 g/mol. The van der Waals surface area contributed by atoms with Gasteiger partial charge in [-0.25, -0.2) is 0 Å². The molecule has 0 bridgehead atoms. The highest BCUT2D eigenvalue weighted by Gasteiger charge is 2.17. The molecule has 4 nitrogen and oxygen atoms in total. The zero-order valence-electron chi connectivity index (χ0n) is 10.2. The maximum absolute atomic E-state index is 10.7. The summed E-state index contributed by atoms with van der Waals surface area (Å²) in [6.07, 6.45) is 0.646. The van der Waals surface area contributed by atoms with Gasteiger partial charge in [0.25, 0.3) is 0 Å². The molecule has 0 saturated heterocycles. The Bertz CT molecular complexity index is 555.